The van der Waals surface area contributed by atoms with Crippen LogP contribution in [0.5, 0.6) is 0 Å². The number of aromatic nitrogens is 3. The fourth-order valence-corrected chi connectivity index (χ4v) is 2.04. The molecule has 0 saturated carbocycles. The zero-order valence-corrected chi connectivity index (χ0v) is 9.57. The van der Waals surface area contributed by atoms with E-state index in [1.165, 1.54) is 30.4 Å². The number of imidazole rings is 1. The highest BCUT2D eigenvalue weighted by Crippen LogP contribution is 2.22. The van der Waals surface area contributed by atoms with E-state index in [4.69, 9.17) is 5.73 Å². The lowest BCUT2D eigenvalue weighted by atomic mass is 10.4. The fraction of sp³-hybridized carbons (Fsp3) is 0.200. The molecule has 2 aromatic rings. The Hall–Kier alpha value is -1.63. The van der Waals surface area contributed by atoms with Gasteiger partial charge in [-0.3, -0.25) is 4.57 Å². The molecule has 0 atom stereocenters. The first kappa shape index (κ1) is 11.8. The Morgan fingerprint density at radius 1 is 1.35 bits per heavy atom. The molecule has 90 valence electrons. The predicted molar refractivity (Wildman–Crippen MR) is 61.7 cm³/mol. The molecule has 0 aromatic carbocycles. The molecule has 0 aliphatic heterocycles. The molecule has 0 radical (unpaired) electrons. The Balaban J connectivity index is 2.02. The van der Waals surface area contributed by atoms with E-state index in [9.17, 15) is 8.78 Å². The molecule has 17 heavy (non-hydrogen) atoms. The summed E-state index contributed by atoms with van der Waals surface area (Å²) in [5.41, 5.74) is 6.07. The highest BCUT2D eigenvalue weighted by atomic mass is 32.2. The number of rotatable bonds is 4. The van der Waals surface area contributed by atoms with E-state index in [1.54, 1.807) is 12.1 Å². The number of hydrogen-bond donors (Lipinski definition) is 1. The quantitative estimate of drug-likeness (QED) is 0.854. The number of nitrogen functional groups attached to an aromatic ring is 1. The molecule has 2 rings (SSSR count). The van der Waals surface area contributed by atoms with Crippen LogP contribution in [-0.2, 0) is 5.75 Å². The lowest BCUT2D eigenvalue weighted by molar-refractivity contribution is 0.0678. The van der Waals surface area contributed by atoms with Gasteiger partial charge in [-0.1, -0.05) is 11.8 Å². The molecule has 4 nitrogen and oxygen atoms in total. The van der Waals surface area contributed by atoms with E-state index in [1.807, 2.05) is 0 Å². The van der Waals surface area contributed by atoms with Gasteiger partial charge in [0.05, 0.1) is 22.7 Å². The van der Waals surface area contributed by atoms with E-state index in [0.717, 1.165) is 9.59 Å². The zero-order valence-electron chi connectivity index (χ0n) is 8.75. The smallest absolute Gasteiger partial charge is 0.319 e. The van der Waals surface area contributed by atoms with Gasteiger partial charge in [-0.15, -0.1) is 0 Å². The SMILES string of the molecule is Nc1ccc(SCc2nccn2C(F)F)nc1. The van der Waals surface area contributed by atoms with E-state index >= 15 is 0 Å². The van der Waals surface area contributed by atoms with Crippen molar-refractivity contribution in [3.05, 3.63) is 36.5 Å². The summed E-state index contributed by atoms with van der Waals surface area (Å²) in [5.74, 6) is 0.664. The number of nitrogens with zero attached hydrogens (tertiary/aromatic N) is 3. The Morgan fingerprint density at radius 3 is 2.82 bits per heavy atom. The van der Waals surface area contributed by atoms with Crippen molar-refractivity contribution in [1.82, 2.24) is 14.5 Å². The number of alkyl halides is 2. The van der Waals surface area contributed by atoms with Crippen LogP contribution in [0, 0.1) is 0 Å². The van der Waals surface area contributed by atoms with Crippen molar-refractivity contribution in [1.29, 1.82) is 0 Å². The lowest BCUT2D eigenvalue weighted by Crippen LogP contribution is -2.02. The van der Waals surface area contributed by atoms with Crippen LogP contribution in [0.3, 0.4) is 0 Å². The summed E-state index contributed by atoms with van der Waals surface area (Å²) >= 11 is 1.34. The van der Waals surface area contributed by atoms with Crippen molar-refractivity contribution in [2.75, 3.05) is 5.73 Å². The Morgan fingerprint density at radius 2 is 2.18 bits per heavy atom. The first-order valence-electron chi connectivity index (χ1n) is 4.81. The zero-order chi connectivity index (χ0) is 12.3. The van der Waals surface area contributed by atoms with Crippen LogP contribution < -0.4 is 5.73 Å². The van der Waals surface area contributed by atoms with E-state index in [2.05, 4.69) is 9.97 Å². The first-order chi connectivity index (χ1) is 8.16. The second-order valence-electron chi connectivity index (χ2n) is 3.25. The average molecular weight is 256 g/mol. The summed E-state index contributed by atoms with van der Waals surface area (Å²) in [4.78, 5) is 7.95. The Bertz CT molecular complexity index is 483. The third kappa shape index (κ3) is 2.94. The molecule has 0 aliphatic rings. The predicted octanol–water partition coefficient (Wildman–Crippen LogP) is 2.55. The van der Waals surface area contributed by atoms with E-state index in [-0.39, 0.29) is 0 Å². The maximum Gasteiger partial charge on any atom is 0.319 e. The molecular formula is C10H10F2N4S. The highest BCUT2D eigenvalue weighted by molar-refractivity contribution is 7.98. The van der Waals surface area contributed by atoms with Crippen LogP contribution in [-0.4, -0.2) is 14.5 Å². The van der Waals surface area contributed by atoms with Crippen molar-refractivity contribution in [2.45, 2.75) is 17.3 Å². The highest BCUT2D eigenvalue weighted by Gasteiger charge is 2.11. The molecule has 0 unspecified atom stereocenters. The largest absolute Gasteiger partial charge is 0.397 e. The molecule has 0 bridgehead atoms. The molecule has 7 heteroatoms. The third-order valence-corrected chi connectivity index (χ3v) is 3.01. The van der Waals surface area contributed by atoms with Crippen LogP contribution in [0.15, 0.2) is 35.7 Å². The van der Waals surface area contributed by atoms with Crippen molar-refractivity contribution in [2.24, 2.45) is 0 Å². The maximum absolute atomic E-state index is 12.5. The van der Waals surface area contributed by atoms with Gasteiger partial charge in [0, 0.05) is 12.4 Å². The Labute approximate surface area is 101 Å². The Kier molecular flexibility index (Phi) is 3.58. The third-order valence-electron chi connectivity index (χ3n) is 2.07. The molecule has 0 aliphatic carbocycles. The summed E-state index contributed by atoms with van der Waals surface area (Å²) in [5, 5.41) is 0.725. The lowest BCUT2D eigenvalue weighted by Gasteiger charge is -2.05. The number of anilines is 1. The van der Waals surface area contributed by atoms with Gasteiger partial charge in [0.2, 0.25) is 0 Å². The molecule has 2 N–H and O–H groups in total. The molecule has 0 spiro atoms. The second-order valence-corrected chi connectivity index (χ2v) is 4.24. The number of halogens is 2. The van der Waals surface area contributed by atoms with Crippen LogP contribution in [0.2, 0.25) is 0 Å². The van der Waals surface area contributed by atoms with Gasteiger partial charge in [0.1, 0.15) is 5.82 Å². The van der Waals surface area contributed by atoms with Gasteiger partial charge < -0.3 is 5.73 Å². The number of pyridine rings is 1. The van der Waals surface area contributed by atoms with Gasteiger partial charge >= 0.3 is 6.55 Å². The van der Waals surface area contributed by atoms with Gasteiger partial charge in [-0.2, -0.15) is 8.78 Å². The molecule has 0 fully saturated rings. The molecule has 2 aromatic heterocycles. The van der Waals surface area contributed by atoms with Crippen LogP contribution in [0.1, 0.15) is 12.4 Å². The van der Waals surface area contributed by atoms with E-state index < -0.39 is 6.55 Å². The molecule has 0 saturated heterocycles. The summed E-state index contributed by atoms with van der Waals surface area (Å²) in [6.07, 6.45) is 4.15. The average Bonchev–Trinajstić information content (AvgIpc) is 2.76. The normalized spacial score (nSPS) is 11.0. The minimum Gasteiger partial charge on any atom is -0.397 e. The summed E-state index contributed by atoms with van der Waals surface area (Å²) in [6, 6.07) is 3.46. The van der Waals surface area contributed by atoms with E-state index in [0.29, 0.717) is 17.3 Å². The summed E-state index contributed by atoms with van der Waals surface area (Å²) in [6.45, 7) is -2.56. The summed E-state index contributed by atoms with van der Waals surface area (Å²) in [7, 11) is 0. The monoisotopic (exact) mass is 256 g/mol. The topological polar surface area (TPSA) is 56.7 Å². The van der Waals surface area contributed by atoms with Gasteiger partial charge in [-0.05, 0) is 12.1 Å². The van der Waals surface area contributed by atoms with Crippen LogP contribution >= 0.6 is 11.8 Å². The number of hydrogen-bond acceptors (Lipinski definition) is 4. The van der Waals surface area contributed by atoms with Gasteiger partial charge in [0.15, 0.2) is 0 Å². The van der Waals surface area contributed by atoms with Crippen molar-refractivity contribution >= 4 is 17.4 Å². The standard InChI is InChI=1S/C10H10F2N4S/c11-10(12)16-4-3-14-8(16)6-17-9-2-1-7(13)5-15-9/h1-5,10H,6,13H2. The van der Waals surface area contributed by atoms with Gasteiger partial charge in [0.25, 0.3) is 0 Å². The van der Waals surface area contributed by atoms with Crippen LogP contribution in [0.4, 0.5) is 14.5 Å². The summed E-state index contributed by atoms with van der Waals surface area (Å²) < 4.78 is 25.9. The molecule has 2 heterocycles. The molecule has 0 amide bonds. The van der Waals surface area contributed by atoms with Crippen LogP contribution in [0.25, 0.3) is 0 Å². The second kappa shape index (κ2) is 5.13. The van der Waals surface area contributed by atoms with Crippen molar-refractivity contribution in [3.63, 3.8) is 0 Å². The minimum absolute atomic E-state index is 0.323. The van der Waals surface area contributed by atoms with Gasteiger partial charge in [-0.25, -0.2) is 9.97 Å². The number of nitrogens with two attached hydrogens (primary N) is 1. The first-order valence-corrected chi connectivity index (χ1v) is 5.79. The molecular weight excluding hydrogens is 246 g/mol. The fourth-order valence-electron chi connectivity index (χ4n) is 1.25. The minimum atomic E-state index is -2.56. The van der Waals surface area contributed by atoms with Crippen molar-refractivity contribution < 1.29 is 8.78 Å². The number of thioether (sulfide) groups is 1. The maximum atomic E-state index is 12.5. The van der Waals surface area contributed by atoms with Crippen molar-refractivity contribution in [3.8, 4) is 0 Å².